The Hall–Kier alpha value is -2.87. The van der Waals surface area contributed by atoms with Gasteiger partial charge in [0, 0.05) is 31.2 Å². The molecule has 0 saturated heterocycles. The number of hydrogen-bond donors (Lipinski definition) is 2. The molecule has 2 atom stereocenters. The fourth-order valence-electron chi connectivity index (χ4n) is 4.91. The normalized spacial score (nSPS) is 18.8. The van der Waals surface area contributed by atoms with E-state index in [1.807, 2.05) is 24.3 Å². The van der Waals surface area contributed by atoms with Crippen LogP contribution < -0.4 is 10.6 Å². The van der Waals surface area contributed by atoms with Crippen LogP contribution in [-0.2, 0) is 25.8 Å². The minimum atomic E-state index is -5.31. The molecule has 228 valence electrons. The Morgan fingerprint density at radius 2 is 1.86 bits per heavy atom. The van der Waals surface area contributed by atoms with Gasteiger partial charge < -0.3 is 20.3 Å². The number of benzene rings is 2. The molecule has 9 nitrogen and oxygen atoms in total. The molecular formula is C27H29Cl2F3N4O5S. The summed E-state index contributed by atoms with van der Waals surface area (Å²) in [5, 5.41) is 6.22. The standard InChI is InChI=1S/C27H29Cl2F3N4O5S/c28-21-2-1-3-22(23(21)29)42(39,40)16-35-20-9-6-18(14-20)15-36(26(38)41-25(37)27(30,31)32)13-10-17-4-7-19(8-5-17)24-33-11-12-34-24/h1-5,7-8,18,20,35H,6,9-16H2,(H,33,34). The molecule has 0 radical (unpaired) electrons. The zero-order chi connectivity index (χ0) is 30.5. The quantitative estimate of drug-likeness (QED) is 0.286. The number of hydrogen-bond acceptors (Lipinski definition) is 8. The first kappa shape index (κ1) is 32.1. The van der Waals surface area contributed by atoms with Crippen LogP contribution in [0.1, 0.15) is 30.4 Å². The molecule has 0 aromatic heterocycles. The minimum absolute atomic E-state index is 0.0127. The Balaban J connectivity index is 1.36. The summed E-state index contributed by atoms with van der Waals surface area (Å²) in [6.45, 7) is 1.50. The smallest absolute Gasteiger partial charge is 0.369 e. The van der Waals surface area contributed by atoms with Gasteiger partial charge >= 0.3 is 18.2 Å². The number of carbonyl (C=O) groups is 2. The predicted molar refractivity (Wildman–Crippen MR) is 151 cm³/mol. The second-order valence-electron chi connectivity index (χ2n) is 10.1. The van der Waals surface area contributed by atoms with Gasteiger partial charge in [-0.15, -0.1) is 0 Å². The summed E-state index contributed by atoms with van der Waals surface area (Å²) in [6, 6.07) is 11.5. The predicted octanol–water partition coefficient (Wildman–Crippen LogP) is 4.60. The van der Waals surface area contributed by atoms with Crippen LogP contribution >= 0.6 is 23.2 Å². The second kappa shape index (κ2) is 13.6. The van der Waals surface area contributed by atoms with Crippen molar-refractivity contribution < 1.29 is 35.9 Å². The third-order valence-electron chi connectivity index (χ3n) is 7.07. The van der Waals surface area contributed by atoms with Crippen LogP contribution in [0.5, 0.6) is 0 Å². The summed E-state index contributed by atoms with van der Waals surface area (Å²) >= 11 is 12.0. The van der Waals surface area contributed by atoms with E-state index in [-0.39, 0.29) is 40.0 Å². The number of nitrogens with one attached hydrogen (secondary N) is 2. The van der Waals surface area contributed by atoms with Gasteiger partial charge in [0.05, 0.1) is 21.5 Å². The molecule has 2 aromatic rings. The van der Waals surface area contributed by atoms with Crippen molar-refractivity contribution in [1.29, 1.82) is 0 Å². The highest BCUT2D eigenvalue weighted by atomic mass is 35.5. The first-order valence-corrected chi connectivity index (χ1v) is 15.6. The summed E-state index contributed by atoms with van der Waals surface area (Å²) in [5.74, 6) is -2.36. The molecule has 2 aliphatic rings. The van der Waals surface area contributed by atoms with E-state index in [0.29, 0.717) is 32.2 Å². The van der Waals surface area contributed by atoms with Gasteiger partial charge in [0.1, 0.15) is 11.7 Å². The molecule has 2 unspecified atom stereocenters. The van der Waals surface area contributed by atoms with Gasteiger partial charge in [-0.1, -0.05) is 53.5 Å². The second-order valence-corrected chi connectivity index (χ2v) is 12.8. The molecule has 0 spiro atoms. The lowest BCUT2D eigenvalue weighted by Crippen LogP contribution is -2.40. The lowest BCUT2D eigenvalue weighted by molar-refractivity contribution is -0.193. The summed E-state index contributed by atoms with van der Waals surface area (Å²) in [6.07, 6.45) is -4.77. The highest BCUT2D eigenvalue weighted by Gasteiger charge is 2.43. The Kier molecular flexibility index (Phi) is 10.4. The van der Waals surface area contributed by atoms with E-state index in [2.05, 4.69) is 20.4 Å². The Morgan fingerprint density at radius 1 is 1.12 bits per heavy atom. The van der Waals surface area contributed by atoms with Crippen LogP contribution in [0.25, 0.3) is 0 Å². The summed E-state index contributed by atoms with van der Waals surface area (Å²) in [5.41, 5.74) is 1.72. The summed E-state index contributed by atoms with van der Waals surface area (Å²) in [4.78, 5) is 29.3. The first-order valence-electron chi connectivity index (χ1n) is 13.2. The van der Waals surface area contributed by atoms with Crippen molar-refractivity contribution in [2.24, 2.45) is 10.9 Å². The largest absolute Gasteiger partial charge is 0.491 e. The van der Waals surface area contributed by atoms with Crippen molar-refractivity contribution in [1.82, 2.24) is 15.5 Å². The molecule has 4 rings (SSSR count). The van der Waals surface area contributed by atoms with Crippen molar-refractivity contribution in [3.8, 4) is 0 Å². The number of rotatable bonds is 10. The van der Waals surface area contributed by atoms with E-state index in [9.17, 15) is 31.2 Å². The maximum Gasteiger partial charge on any atom is 0.491 e. The number of ether oxygens (including phenoxy) is 1. The van der Waals surface area contributed by atoms with Crippen LogP contribution in [0.15, 0.2) is 52.4 Å². The van der Waals surface area contributed by atoms with Crippen LogP contribution in [0.4, 0.5) is 18.0 Å². The lowest BCUT2D eigenvalue weighted by atomic mass is 10.1. The Morgan fingerprint density at radius 3 is 2.52 bits per heavy atom. The number of halogens is 5. The van der Waals surface area contributed by atoms with Crippen molar-refractivity contribution in [2.45, 2.75) is 42.8 Å². The van der Waals surface area contributed by atoms with Gasteiger partial charge in [0.15, 0.2) is 9.84 Å². The Labute approximate surface area is 251 Å². The van der Waals surface area contributed by atoms with Gasteiger partial charge in [-0.2, -0.15) is 13.2 Å². The van der Waals surface area contributed by atoms with E-state index < -0.39 is 34.0 Å². The van der Waals surface area contributed by atoms with Gasteiger partial charge in [0.25, 0.3) is 0 Å². The van der Waals surface area contributed by atoms with Crippen LogP contribution in [0.2, 0.25) is 10.0 Å². The molecule has 1 amide bonds. The first-order chi connectivity index (χ1) is 19.8. The van der Waals surface area contributed by atoms with Gasteiger partial charge in [0.2, 0.25) is 0 Å². The zero-order valence-electron chi connectivity index (χ0n) is 22.3. The lowest BCUT2D eigenvalue weighted by Gasteiger charge is -2.25. The highest BCUT2D eigenvalue weighted by molar-refractivity contribution is 7.91. The van der Waals surface area contributed by atoms with Gasteiger partial charge in [-0.25, -0.2) is 18.0 Å². The molecule has 0 bridgehead atoms. The zero-order valence-corrected chi connectivity index (χ0v) is 24.6. The average Bonchev–Trinajstić information content (AvgIpc) is 3.64. The maximum absolute atomic E-state index is 12.8. The van der Waals surface area contributed by atoms with E-state index in [1.54, 1.807) is 0 Å². The number of sulfone groups is 1. The third-order valence-corrected chi connectivity index (χ3v) is 9.56. The summed E-state index contributed by atoms with van der Waals surface area (Å²) < 4.78 is 68.0. The van der Waals surface area contributed by atoms with E-state index in [4.69, 9.17) is 23.2 Å². The molecular weight excluding hydrogens is 620 g/mol. The topological polar surface area (TPSA) is 117 Å². The number of alkyl halides is 3. The third kappa shape index (κ3) is 8.36. The molecule has 1 aliphatic carbocycles. The van der Waals surface area contributed by atoms with E-state index in [0.717, 1.165) is 28.4 Å². The molecule has 42 heavy (non-hydrogen) atoms. The van der Waals surface area contributed by atoms with E-state index in [1.165, 1.54) is 18.2 Å². The fraction of sp³-hybridized carbons (Fsp3) is 0.444. The number of nitrogens with zero attached hydrogens (tertiary/aromatic N) is 2. The minimum Gasteiger partial charge on any atom is -0.369 e. The summed E-state index contributed by atoms with van der Waals surface area (Å²) in [7, 11) is -3.80. The molecule has 2 N–H and O–H groups in total. The van der Waals surface area contributed by atoms with Crippen LogP contribution in [-0.4, -0.2) is 75.5 Å². The van der Waals surface area contributed by atoms with Crippen molar-refractivity contribution in [3.63, 3.8) is 0 Å². The molecule has 2 aromatic carbocycles. The van der Waals surface area contributed by atoms with Crippen molar-refractivity contribution >= 4 is 50.9 Å². The molecule has 15 heteroatoms. The fourth-order valence-corrected chi connectivity index (χ4v) is 6.90. The number of amidine groups is 1. The number of carbonyl (C=O) groups excluding carboxylic acids is 2. The molecule has 1 saturated carbocycles. The molecule has 1 aliphatic heterocycles. The number of aliphatic imine (C=N–C) groups is 1. The Bertz CT molecular complexity index is 1440. The highest BCUT2D eigenvalue weighted by Crippen LogP contribution is 2.31. The van der Waals surface area contributed by atoms with Crippen LogP contribution in [0, 0.1) is 5.92 Å². The monoisotopic (exact) mass is 648 g/mol. The maximum atomic E-state index is 12.8. The molecule has 1 fully saturated rings. The molecule has 1 heterocycles. The van der Waals surface area contributed by atoms with Crippen molar-refractivity contribution in [3.05, 3.63) is 63.6 Å². The van der Waals surface area contributed by atoms with Crippen LogP contribution in [0.3, 0.4) is 0 Å². The number of amides is 1. The number of esters is 1. The average molecular weight is 650 g/mol. The van der Waals surface area contributed by atoms with Crippen molar-refractivity contribution in [2.75, 3.05) is 32.1 Å². The SMILES string of the molecule is O=C(OC(=O)C(F)(F)F)N(CCc1ccc(C2=NCCN2)cc1)CC1CCC(NCS(=O)(=O)c2cccc(Cl)c2Cl)C1. The van der Waals surface area contributed by atoms with Gasteiger partial charge in [-0.3, -0.25) is 4.99 Å². The van der Waals surface area contributed by atoms with E-state index >= 15 is 0 Å². The van der Waals surface area contributed by atoms with Gasteiger partial charge in [-0.05, 0) is 49.3 Å².